The molecule has 3 nitrogen and oxygen atoms in total. The van der Waals surface area contributed by atoms with E-state index in [1.807, 2.05) is 0 Å². The van der Waals surface area contributed by atoms with Crippen molar-refractivity contribution in [1.29, 1.82) is 0 Å². The molecule has 0 spiro atoms. The topological polar surface area (TPSA) is 54.4 Å². The van der Waals surface area contributed by atoms with Crippen LogP contribution in [0.5, 0.6) is 0 Å². The Labute approximate surface area is 144 Å². The highest BCUT2D eigenvalue weighted by atomic mass is 16.3. The van der Waals surface area contributed by atoms with Crippen LogP contribution in [0.3, 0.4) is 0 Å². The molecule has 0 aromatic heterocycles. The van der Waals surface area contributed by atoms with E-state index in [1.165, 1.54) is 0 Å². The van der Waals surface area contributed by atoms with E-state index in [0.29, 0.717) is 30.6 Å². The molecule has 0 aromatic rings. The summed E-state index contributed by atoms with van der Waals surface area (Å²) in [6.07, 6.45) is 8.50. The van der Waals surface area contributed by atoms with Crippen LogP contribution < -0.4 is 0 Å². The number of carbonyl (C=O) groups excluding carboxylic acids is 2. The Bertz CT molecular complexity index is 635. The van der Waals surface area contributed by atoms with Crippen LogP contribution in [0.15, 0.2) is 11.6 Å². The van der Waals surface area contributed by atoms with Gasteiger partial charge in [-0.25, -0.2) is 0 Å². The molecular formula is C21H30O3. The maximum atomic E-state index is 12.9. The van der Waals surface area contributed by atoms with E-state index >= 15 is 0 Å². The molecule has 6 atom stereocenters. The molecule has 24 heavy (non-hydrogen) atoms. The molecule has 4 aliphatic rings. The number of ketones is 2. The van der Waals surface area contributed by atoms with Crippen molar-refractivity contribution in [2.75, 3.05) is 0 Å². The first-order valence-corrected chi connectivity index (χ1v) is 9.76. The fraction of sp³-hybridized carbons (Fsp3) is 0.810. The van der Waals surface area contributed by atoms with Gasteiger partial charge in [0.2, 0.25) is 0 Å². The molecule has 4 rings (SSSR count). The predicted octanol–water partition coefficient (Wildman–Crippen LogP) is 3.84. The molecule has 0 radical (unpaired) electrons. The molecule has 0 saturated heterocycles. The van der Waals surface area contributed by atoms with E-state index in [9.17, 15) is 14.7 Å². The monoisotopic (exact) mass is 330 g/mol. The zero-order valence-corrected chi connectivity index (χ0v) is 15.2. The van der Waals surface area contributed by atoms with Crippen molar-refractivity contribution in [3.8, 4) is 0 Å². The van der Waals surface area contributed by atoms with Gasteiger partial charge < -0.3 is 5.11 Å². The summed E-state index contributed by atoms with van der Waals surface area (Å²) < 4.78 is 0. The van der Waals surface area contributed by atoms with Gasteiger partial charge in [-0.05, 0) is 73.2 Å². The molecule has 3 saturated carbocycles. The van der Waals surface area contributed by atoms with Gasteiger partial charge in [0, 0.05) is 18.4 Å². The molecule has 0 heterocycles. The highest BCUT2D eigenvalue weighted by molar-refractivity contribution is 6.05. The Morgan fingerprint density at radius 2 is 1.83 bits per heavy atom. The third kappa shape index (κ3) is 1.88. The first-order chi connectivity index (χ1) is 11.2. The Morgan fingerprint density at radius 3 is 2.54 bits per heavy atom. The van der Waals surface area contributed by atoms with Crippen molar-refractivity contribution in [2.45, 2.75) is 77.7 Å². The minimum absolute atomic E-state index is 0.0503. The quantitative estimate of drug-likeness (QED) is 0.795. The number of allylic oxidation sites excluding steroid dienone is 1. The fourth-order valence-corrected chi connectivity index (χ4v) is 7.08. The second-order valence-electron chi connectivity index (χ2n) is 9.33. The predicted molar refractivity (Wildman–Crippen MR) is 92.3 cm³/mol. The van der Waals surface area contributed by atoms with Crippen LogP contribution in [-0.4, -0.2) is 22.3 Å². The molecule has 4 aliphatic carbocycles. The van der Waals surface area contributed by atoms with E-state index in [-0.39, 0.29) is 22.4 Å². The van der Waals surface area contributed by atoms with Crippen LogP contribution in [0.4, 0.5) is 0 Å². The zero-order valence-electron chi connectivity index (χ0n) is 15.2. The maximum absolute atomic E-state index is 12.9. The first kappa shape index (κ1) is 16.5. The Hall–Kier alpha value is -0.960. The number of Topliss-reactive ketones (excluding diaryl/α,β-unsaturated/α-hetero) is 1. The van der Waals surface area contributed by atoms with Crippen LogP contribution in [0, 0.1) is 28.6 Å². The summed E-state index contributed by atoms with van der Waals surface area (Å²) >= 11 is 0. The van der Waals surface area contributed by atoms with E-state index in [1.54, 1.807) is 6.08 Å². The van der Waals surface area contributed by atoms with Gasteiger partial charge >= 0.3 is 0 Å². The minimum Gasteiger partial charge on any atom is -0.389 e. The number of carbonyl (C=O) groups is 2. The molecule has 132 valence electrons. The van der Waals surface area contributed by atoms with Gasteiger partial charge in [-0.2, -0.15) is 0 Å². The molecule has 0 aliphatic heterocycles. The van der Waals surface area contributed by atoms with Crippen molar-refractivity contribution in [3.05, 3.63) is 11.6 Å². The van der Waals surface area contributed by atoms with Crippen LogP contribution in [0.25, 0.3) is 0 Å². The van der Waals surface area contributed by atoms with Gasteiger partial charge in [-0.3, -0.25) is 9.59 Å². The Morgan fingerprint density at radius 1 is 1.12 bits per heavy atom. The minimum atomic E-state index is -0.564. The zero-order chi connectivity index (χ0) is 17.3. The van der Waals surface area contributed by atoms with Crippen molar-refractivity contribution < 1.29 is 14.7 Å². The summed E-state index contributed by atoms with van der Waals surface area (Å²) in [7, 11) is 0. The lowest BCUT2D eigenvalue weighted by Crippen LogP contribution is -2.56. The van der Waals surface area contributed by atoms with Gasteiger partial charge in [0.05, 0.1) is 5.60 Å². The smallest absolute Gasteiger partial charge is 0.159 e. The number of rotatable bonds is 1. The van der Waals surface area contributed by atoms with Gasteiger partial charge in [-0.1, -0.05) is 20.8 Å². The third-order valence-electron chi connectivity index (χ3n) is 8.69. The highest BCUT2D eigenvalue weighted by Gasteiger charge is 2.64. The van der Waals surface area contributed by atoms with E-state index in [0.717, 1.165) is 44.1 Å². The van der Waals surface area contributed by atoms with Crippen molar-refractivity contribution >= 4 is 11.6 Å². The molecule has 0 bridgehead atoms. The van der Waals surface area contributed by atoms with E-state index in [4.69, 9.17) is 0 Å². The summed E-state index contributed by atoms with van der Waals surface area (Å²) in [5, 5.41) is 11.2. The average Bonchev–Trinajstić information content (AvgIpc) is 2.82. The second kappa shape index (κ2) is 5.03. The molecule has 3 fully saturated rings. The van der Waals surface area contributed by atoms with Gasteiger partial charge in [-0.15, -0.1) is 0 Å². The Kier molecular flexibility index (Phi) is 3.46. The van der Waals surface area contributed by atoms with E-state index < -0.39 is 5.60 Å². The molecule has 0 aromatic carbocycles. The van der Waals surface area contributed by atoms with Crippen LogP contribution in [0.2, 0.25) is 0 Å². The summed E-state index contributed by atoms with van der Waals surface area (Å²) in [5.41, 5.74) is 0.0749. The lowest BCUT2D eigenvalue weighted by molar-refractivity contribution is -0.143. The lowest BCUT2D eigenvalue weighted by Gasteiger charge is -2.58. The van der Waals surface area contributed by atoms with Crippen molar-refractivity contribution in [1.82, 2.24) is 0 Å². The molecule has 0 amide bonds. The number of aliphatic hydroxyl groups is 1. The lowest BCUT2D eigenvalue weighted by atomic mass is 9.46. The maximum Gasteiger partial charge on any atom is 0.159 e. The molecule has 0 unspecified atom stereocenters. The average molecular weight is 330 g/mol. The molecule has 1 N–H and O–H groups in total. The number of hydrogen-bond donors (Lipinski definition) is 1. The van der Waals surface area contributed by atoms with Crippen LogP contribution in [-0.2, 0) is 9.59 Å². The summed E-state index contributed by atoms with van der Waals surface area (Å²) in [6, 6.07) is 0. The van der Waals surface area contributed by atoms with Gasteiger partial charge in [0.25, 0.3) is 0 Å². The van der Waals surface area contributed by atoms with Gasteiger partial charge in [0.15, 0.2) is 11.6 Å². The fourth-order valence-electron chi connectivity index (χ4n) is 7.08. The third-order valence-corrected chi connectivity index (χ3v) is 8.69. The standard InChI is InChI=1S/C21H30O3/c1-4-21(24)10-7-16-14-12-18(23)17-11-13(22)5-8-19(17,2)15(14)6-9-20(16,21)3/h11,14-16,24H,4-10,12H2,1-3H3/t14-,15-,16+,19+,20-,21-/m0/s1. The Balaban J connectivity index is 1.74. The molecule has 3 heteroatoms. The summed E-state index contributed by atoms with van der Waals surface area (Å²) in [5.74, 6) is 1.64. The number of hydrogen-bond acceptors (Lipinski definition) is 3. The van der Waals surface area contributed by atoms with Crippen molar-refractivity contribution in [2.24, 2.45) is 28.6 Å². The SMILES string of the molecule is CC[C@]1(O)CC[C@@H]2[C@H]3CC(=O)C4=CC(=O)CC[C@]4(C)[C@H]3CC[C@@]21C. The van der Waals surface area contributed by atoms with E-state index in [2.05, 4.69) is 20.8 Å². The second-order valence-corrected chi connectivity index (χ2v) is 9.33. The van der Waals surface area contributed by atoms with Gasteiger partial charge in [0.1, 0.15) is 0 Å². The number of fused-ring (bicyclic) bond motifs is 5. The summed E-state index contributed by atoms with van der Waals surface area (Å²) in [4.78, 5) is 24.7. The first-order valence-electron chi connectivity index (χ1n) is 9.76. The normalized spacial score (nSPS) is 50.8. The van der Waals surface area contributed by atoms with Crippen molar-refractivity contribution in [3.63, 3.8) is 0 Å². The van der Waals surface area contributed by atoms with Crippen LogP contribution in [0.1, 0.15) is 72.1 Å². The highest BCUT2D eigenvalue weighted by Crippen LogP contribution is 2.67. The molecular weight excluding hydrogens is 300 g/mol. The summed E-state index contributed by atoms with van der Waals surface area (Å²) in [6.45, 7) is 6.59. The largest absolute Gasteiger partial charge is 0.389 e. The van der Waals surface area contributed by atoms with Crippen LogP contribution >= 0.6 is 0 Å².